The van der Waals surface area contributed by atoms with E-state index in [0.29, 0.717) is 0 Å². The molecule has 0 bridgehead atoms. The largest absolute Gasteiger partial charge is 0.351 e. The van der Waals surface area contributed by atoms with Crippen molar-refractivity contribution in [2.45, 2.75) is 5.37 Å². The first-order valence-corrected chi connectivity index (χ1v) is 5.28. The molecule has 0 amide bonds. The molecule has 0 spiro atoms. The van der Waals surface area contributed by atoms with Gasteiger partial charge in [-0.3, -0.25) is 0 Å². The molecule has 0 radical (unpaired) electrons. The molecule has 13 heavy (non-hydrogen) atoms. The molecule has 0 saturated carbocycles. The summed E-state index contributed by atoms with van der Waals surface area (Å²) >= 11 is 1.54. The average molecular weight is 192 g/mol. The fourth-order valence-corrected chi connectivity index (χ4v) is 1.64. The first-order chi connectivity index (χ1) is 6.29. The molecular weight excluding hydrogens is 180 g/mol. The van der Waals surface area contributed by atoms with Crippen molar-refractivity contribution in [1.82, 2.24) is 0 Å². The smallest absolute Gasteiger partial charge is 0.163 e. The third-order valence-corrected chi connectivity index (χ3v) is 2.72. The van der Waals surface area contributed by atoms with Crippen LogP contribution in [0.15, 0.2) is 30.3 Å². The van der Waals surface area contributed by atoms with Crippen LogP contribution >= 0.6 is 11.8 Å². The third kappa shape index (κ3) is 2.40. The molecular formula is C10H12N2S. The maximum Gasteiger partial charge on any atom is 0.163 e. The van der Waals surface area contributed by atoms with Crippen LogP contribution < -0.4 is 4.90 Å². The molecule has 0 aromatic heterocycles. The van der Waals surface area contributed by atoms with Gasteiger partial charge < -0.3 is 4.90 Å². The minimum absolute atomic E-state index is 0.109. The Bertz CT molecular complexity index is 292. The van der Waals surface area contributed by atoms with Crippen LogP contribution in [-0.4, -0.2) is 18.7 Å². The topological polar surface area (TPSA) is 27.0 Å². The molecule has 1 aromatic rings. The summed E-state index contributed by atoms with van der Waals surface area (Å²) < 4.78 is 0. The third-order valence-electron chi connectivity index (χ3n) is 1.85. The number of para-hydroxylation sites is 1. The molecule has 0 fully saturated rings. The van der Waals surface area contributed by atoms with Crippen LogP contribution in [0.3, 0.4) is 0 Å². The van der Waals surface area contributed by atoms with Gasteiger partial charge in [0.1, 0.15) is 0 Å². The van der Waals surface area contributed by atoms with Crippen molar-refractivity contribution in [3.63, 3.8) is 0 Å². The number of thioether (sulfide) groups is 1. The van der Waals surface area contributed by atoms with Crippen LogP contribution in [-0.2, 0) is 0 Å². The zero-order valence-corrected chi connectivity index (χ0v) is 8.58. The fourth-order valence-electron chi connectivity index (χ4n) is 1.10. The van der Waals surface area contributed by atoms with Crippen LogP contribution in [0, 0.1) is 11.3 Å². The quantitative estimate of drug-likeness (QED) is 0.688. The van der Waals surface area contributed by atoms with E-state index in [1.807, 2.05) is 48.5 Å². The number of hydrogen-bond acceptors (Lipinski definition) is 3. The Hall–Kier alpha value is -1.14. The Labute approximate surface area is 83.2 Å². The molecule has 2 nitrogen and oxygen atoms in total. The van der Waals surface area contributed by atoms with E-state index in [2.05, 4.69) is 6.07 Å². The number of nitriles is 1. The highest BCUT2D eigenvalue weighted by molar-refractivity contribution is 7.99. The first kappa shape index (κ1) is 9.94. The summed E-state index contributed by atoms with van der Waals surface area (Å²) in [6.07, 6.45) is 1.94. The summed E-state index contributed by atoms with van der Waals surface area (Å²) in [5, 5.41) is 8.74. The zero-order valence-electron chi connectivity index (χ0n) is 7.77. The van der Waals surface area contributed by atoms with Crippen molar-refractivity contribution in [2.24, 2.45) is 0 Å². The van der Waals surface area contributed by atoms with Gasteiger partial charge in [0.15, 0.2) is 5.37 Å². The van der Waals surface area contributed by atoms with Crippen LogP contribution in [0.5, 0.6) is 0 Å². The molecule has 0 N–H and O–H groups in total. The van der Waals surface area contributed by atoms with Gasteiger partial charge in [-0.25, -0.2) is 0 Å². The van der Waals surface area contributed by atoms with E-state index >= 15 is 0 Å². The molecule has 1 rings (SSSR count). The molecule has 0 heterocycles. The maximum absolute atomic E-state index is 8.85. The Morgan fingerprint density at radius 3 is 2.46 bits per heavy atom. The second-order valence-corrected chi connectivity index (χ2v) is 3.58. The van der Waals surface area contributed by atoms with Gasteiger partial charge in [-0.15, -0.1) is 11.8 Å². The molecule has 0 aliphatic carbocycles. The van der Waals surface area contributed by atoms with Crippen molar-refractivity contribution >= 4 is 17.4 Å². The average Bonchev–Trinajstić information content (AvgIpc) is 2.21. The van der Waals surface area contributed by atoms with E-state index < -0.39 is 0 Å². The van der Waals surface area contributed by atoms with E-state index in [4.69, 9.17) is 5.26 Å². The Morgan fingerprint density at radius 1 is 1.38 bits per heavy atom. The second kappa shape index (κ2) is 4.78. The van der Waals surface area contributed by atoms with Gasteiger partial charge in [0.05, 0.1) is 6.07 Å². The fraction of sp³-hybridized carbons (Fsp3) is 0.300. The van der Waals surface area contributed by atoms with Gasteiger partial charge in [0.25, 0.3) is 0 Å². The molecule has 1 atom stereocenters. The summed E-state index contributed by atoms with van der Waals surface area (Å²) in [4.78, 5) is 1.96. The lowest BCUT2D eigenvalue weighted by atomic mass is 10.3. The van der Waals surface area contributed by atoms with E-state index in [9.17, 15) is 0 Å². The van der Waals surface area contributed by atoms with Crippen molar-refractivity contribution in [1.29, 1.82) is 5.26 Å². The zero-order chi connectivity index (χ0) is 9.68. The summed E-state index contributed by atoms with van der Waals surface area (Å²) in [6, 6.07) is 12.2. The van der Waals surface area contributed by atoms with Crippen LogP contribution in [0.25, 0.3) is 0 Å². The van der Waals surface area contributed by atoms with Gasteiger partial charge in [0, 0.05) is 12.7 Å². The lowest BCUT2D eigenvalue weighted by molar-refractivity contribution is 0.987. The lowest BCUT2D eigenvalue weighted by Crippen LogP contribution is -2.26. The highest BCUT2D eigenvalue weighted by atomic mass is 32.2. The number of rotatable bonds is 3. The van der Waals surface area contributed by atoms with Crippen molar-refractivity contribution in [3.8, 4) is 6.07 Å². The van der Waals surface area contributed by atoms with E-state index in [-0.39, 0.29) is 5.37 Å². The summed E-state index contributed by atoms with van der Waals surface area (Å²) in [6.45, 7) is 0. The van der Waals surface area contributed by atoms with Gasteiger partial charge in [-0.1, -0.05) is 18.2 Å². The monoisotopic (exact) mass is 192 g/mol. The number of nitrogens with zero attached hydrogens (tertiary/aromatic N) is 2. The van der Waals surface area contributed by atoms with Gasteiger partial charge in [-0.2, -0.15) is 5.26 Å². The van der Waals surface area contributed by atoms with Gasteiger partial charge in [-0.05, 0) is 18.4 Å². The van der Waals surface area contributed by atoms with Gasteiger partial charge in [0.2, 0.25) is 0 Å². The Balaban J connectivity index is 2.79. The van der Waals surface area contributed by atoms with Crippen molar-refractivity contribution < 1.29 is 0 Å². The molecule has 1 aromatic carbocycles. The standard InChI is InChI=1S/C10H12N2S/c1-12(10(8-11)13-2)9-6-4-3-5-7-9/h3-7,10H,1-2H3. The minimum Gasteiger partial charge on any atom is -0.351 e. The second-order valence-electron chi connectivity index (χ2n) is 2.66. The Kier molecular flexibility index (Phi) is 3.66. The molecule has 1 unspecified atom stereocenters. The number of anilines is 1. The van der Waals surface area contributed by atoms with Crippen molar-refractivity contribution in [2.75, 3.05) is 18.2 Å². The minimum atomic E-state index is -0.109. The molecule has 0 aliphatic heterocycles. The normalized spacial score (nSPS) is 11.8. The van der Waals surface area contributed by atoms with Crippen molar-refractivity contribution in [3.05, 3.63) is 30.3 Å². The van der Waals surface area contributed by atoms with Crippen LogP contribution in [0.4, 0.5) is 5.69 Å². The summed E-state index contributed by atoms with van der Waals surface area (Å²) in [5.41, 5.74) is 1.07. The highest BCUT2D eigenvalue weighted by Crippen LogP contribution is 2.18. The van der Waals surface area contributed by atoms with Crippen LogP contribution in [0.2, 0.25) is 0 Å². The number of hydrogen-bond donors (Lipinski definition) is 0. The maximum atomic E-state index is 8.85. The van der Waals surface area contributed by atoms with E-state index in [1.54, 1.807) is 0 Å². The summed E-state index contributed by atoms with van der Waals surface area (Å²) in [5.74, 6) is 0. The number of benzene rings is 1. The highest BCUT2D eigenvalue weighted by Gasteiger charge is 2.11. The summed E-state index contributed by atoms with van der Waals surface area (Å²) in [7, 11) is 1.93. The predicted octanol–water partition coefficient (Wildman–Crippen LogP) is 2.34. The van der Waals surface area contributed by atoms with Gasteiger partial charge >= 0.3 is 0 Å². The molecule has 0 saturated heterocycles. The Morgan fingerprint density at radius 2 is 2.00 bits per heavy atom. The van der Waals surface area contributed by atoms with E-state index in [1.165, 1.54) is 11.8 Å². The molecule has 3 heteroatoms. The van der Waals surface area contributed by atoms with Crippen LogP contribution in [0.1, 0.15) is 0 Å². The van der Waals surface area contributed by atoms with E-state index in [0.717, 1.165) is 5.69 Å². The predicted molar refractivity (Wildman–Crippen MR) is 57.8 cm³/mol. The lowest BCUT2D eigenvalue weighted by Gasteiger charge is -2.22. The molecule has 68 valence electrons. The SMILES string of the molecule is CSC(C#N)N(C)c1ccccc1. The first-order valence-electron chi connectivity index (χ1n) is 4.00. The molecule has 0 aliphatic rings.